The van der Waals surface area contributed by atoms with Crippen molar-refractivity contribution in [2.45, 2.75) is 39.2 Å². The van der Waals surface area contributed by atoms with E-state index in [2.05, 4.69) is 13.8 Å². The Morgan fingerprint density at radius 1 is 1.31 bits per heavy atom. The molecule has 1 atom stereocenters. The predicted molar refractivity (Wildman–Crippen MR) is 49.2 cm³/mol. The van der Waals surface area contributed by atoms with E-state index in [4.69, 9.17) is 10.8 Å². The van der Waals surface area contributed by atoms with Crippen molar-refractivity contribution in [3.05, 3.63) is 0 Å². The molecule has 0 heterocycles. The first-order valence-corrected chi connectivity index (χ1v) is 4.90. The molecule has 13 heavy (non-hydrogen) atoms. The van der Waals surface area contributed by atoms with E-state index >= 15 is 0 Å². The molecular weight excluding hydrogens is 166 g/mol. The molecule has 0 amide bonds. The molecule has 3 aliphatic carbocycles. The quantitative estimate of drug-likeness (QED) is 0.691. The van der Waals surface area contributed by atoms with Gasteiger partial charge in [0.2, 0.25) is 0 Å². The lowest BCUT2D eigenvalue weighted by atomic mass is 9.30. The zero-order valence-corrected chi connectivity index (χ0v) is 8.21. The summed E-state index contributed by atoms with van der Waals surface area (Å²) in [6.45, 7) is 4.44. The average molecular weight is 183 g/mol. The fourth-order valence-corrected chi connectivity index (χ4v) is 3.15. The van der Waals surface area contributed by atoms with E-state index < -0.39 is 12.0 Å². The molecule has 3 aliphatic rings. The highest BCUT2D eigenvalue weighted by molar-refractivity contribution is 5.75. The Balaban J connectivity index is 2.00. The third-order valence-corrected chi connectivity index (χ3v) is 4.26. The molecule has 0 aliphatic heterocycles. The van der Waals surface area contributed by atoms with Crippen LogP contribution in [0.3, 0.4) is 0 Å². The van der Waals surface area contributed by atoms with Crippen LogP contribution in [0.5, 0.6) is 0 Å². The normalized spacial score (nSPS) is 43.7. The Morgan fingerprint density at radius 3 is 2.08 bits per heavy atom. The first kappa shape index (κ1) is 9.00. The number of rotatable bonds is 3. The summed E-state index contributed by atoms with van der Waals surface area (Å²) in [5.41, 5.74) is 6.07. The average Bonchev–Trinajstić information content (AvgIpc) is 1.79. The molecule has 1 unspecified atom stereocenters. The van der Waals surface area contributed by atoms with Crippen LogP contribution in [-0.4, -0.2) is 17.1 Å². The van der Waals surface area contributed by atoms with Gasteiger partial charge in [0, 0.05) is 0 Å². The molecule has 3 heteroatoms. The minimum atomic E-state index is -0.836. The Bertz CT molecular complexity index is 240. The Kier molecular flexibility index (Phi) is 1.57. The first-order valence-electron chi connectivity index (χ1n) is 4.90. The maximum absolute atomic E-state index is 10.7. The molecule has 0 aromatic carbocycles. The molecule has 0 saturated heterocycles. The van der Waals surface area contributed by atoms with Crippen molar-refractivity contribution in [3.8, 4) is 0 Å². The second-order valence-electron chi connectivity index (χ2n) is 5.23. The van der Waals surface area contributed by atoms with Crippen LogP contribution in [0.15, 0.2) is 0 Å². The molecule has 3 saturated carbocycles. The summed E-state index contributed by atoms with van der Waals surface area (Å²) in [5, 5.41) is 8.80. The zero-order valence-electron chi connectivity index (χ0n) is 8.21. The number of carbonyl (C=O) groups is 1. The van der Waals surface area contributed by atoms with Crippen LogP contribution in [0, 0.1) is 16.7 Å². The monoisotopic (exact) mass is 183 g/mol. The van der Waals surface area contributed by atoms with E-state index in [1.807, 2.05) is 0 Å². The molecule has 0 aromatic rings. The van der Waals surface area contributed by atoms with Crippen LogP contribution in [-0.2, 0) is 4.79 Å². The van der Waals surface area contributed by atoms with Crippen molar-refractivity contribution in [3.63, 3.8) is 0 Å². The summed E-state index contributed by atoms with van der Waals surface area (Å²) < 4.78 is 0. The smallest absolute Gasteiger partial charge is 0.321 e. The SMILES string of the molecule is CC(C)C12CC(C(N)C(=O)O)(C1)C2. The van der Waals surface area contributed by atoms with Gasteiger partial charge >= 0.3 is 5.97 Å². The van der Waals surface area contributed by atoms with Gasteiger partial charge in [0.05, 0.1) is 0 Å². The highest BCUT2D eigenvalue weighted by Gasteiger charge is 2.71. The predicted octanol–water partition coefficient (Wildman–Crippen LogP) is 1.22. The lowest BCUT2D eigenvalue weighted by Crippen LogP contribution is -2.71. The van der Waals surface area contributed by atoms with Gasteiger partial charge in [-0.15, -0.1) is 0 Å². The van der Waals surface area contributed by atoms with Crippen molar-refractivity contribution >= 4 is 5.97 Å². The maximum Gasteiger partial charge on any atom is 0.321 e. The van der Waals surface area contributed by atoms with E-state index in [0.29, 0.717) is 11.3 Å². The summed E-state index contributed by atoms with van der Waals surface area (Å²) in [5.74, 6) is -0.160. The third-order valence-electron chi connectivity index (χ3n) is 4.26. The maximum atomic E-state index is 10.7. The van der Waals surface area contributed by atoms with E-state index in [1.54, 1.807) is 0 Å². The highest BCUT2D eigenvalue weighted by atomic mass is 16.4. The molecule has 3 rings (SSSR count). The van der Waals surface area contributed by atoms with Crippen molar-refractivity contribution in [1.29, 1.82) is 0 Å². The second kappa shape index (κ2) is 2.27. The van der Waals surface area contributed by atoms with Crippen molar-refractivity contribution < 1.29 is 9.90 Å². The fraction of sp³-hybridized carbons (Fsp3) is 0.900. The van der Waals surface area contributed by atoms with Crippen LogP contribution in [0.4, 0.5) is 0 Å². The Labute approximate surface area is 78.3 Å². The summed E-state index contributed by atoms with van der Waals surface area (Å²) in [7, 11) is 0. The van der Waals surface area contributed by atoms with E-state index in [1.165, 1.54) is 0 Å². The number of carboxylic acids is 1. The van der Waals surface area contributed by atoms with E-state index in [9.17, 15) is 4.79 Å². The molecule has 0 aromatic heterocycles. The lowest BCUT2D eigenvalue weighted by molar-refractivity contribution is -0.241. The molecule has 74 valence electrons. The van der Waals surface area contributed by atoms with Crippen molar-refractivity contribution in [1.82, 2.24) is 0 Å². The number of nitrogens with two attached hydrogens (primary N) is 1. The number of hydrogen-bond acceptors (Lipinski definition) is 2. The van der Waals surface area contributed by atoms with Gasteiger partial charge < -0.3 is 10.8 Å². The summed E-state index contributed by atoms with van der Waals surface area (Å²) in [6, 6.07) is -0.631. The molecule has 3 nitrogen and oxygen atoms in total. The molecule has 0 radical (unpaired) electrons. The van der Waals surface area contributed by atoms with Crippen molar-refractivity contribution in [2.75, 3.05) is 0 Å². The van der Waals surface area contributed by atoms with Crippen LogP contribution in [0.1, 0.15) is 33.1 Å². The summed E-state index contributed by atoms with van der Waals surface area (Å²) in [6.07, 6.45) is 3.10. The van der Waals surface area contributed by atoms with Gasteiger partial charge in [-0.1, -0.05) is 13.8 Å². The molecule has 3 N–H and O–H groups in total. The van der Waals surface area contributed by atoms with Gasteiger partial charge in [-0.05, 0) is 36.0 Å². The van der Waals surface area contributed by atoms with Gasteiger partial charge in [0.25, 0.3) is 0 Å². The van der Waals surface area contributed by atoms with Crippen molar-refractivity contribution in [2.24, 2.45) is 22.5 Å². The Hall–Kier alpha value is -0.570. The van der Waals surface area contributed by atoms with Crippen LogP contribution in [0.25, 0.3) is 0 Å². The van der Waals surface area contributed by atoms with Gasteiger partial charge in [0.15, 0.2) is 0 Å². The minimum Gasteiger partial charge on any atom is -0.480 e. The minimum absolute atomic E-state index is 0.0316. The van der Waals surface area contributed by atoms with Gasteiger partial charge in [0.1, 0.15) is 6.04 Å². The number of aliphatic carboxylic acids is 1. The zero-order chi connectivity index (χ0) is 9.85. The van der Waals surface area contributed by atoms with Gasteiger partial charge in [-0.25, -0.2) is 0 Å². The Morgan fingerprint density at radius 2 is 1.77 bits per heavy atom. The van der Waals surface area contributed by atoms with Gasteiger partial charge in [-0.2, -0.15) is 0 Å². The fourth-order valence-electron chi connectivity index (χ4n) is 3.15. The summed E-state index contributed by atoms with van der Waals surface area (Å²) >= 11 is 0. The summed E-state index contributed by atoms with van der Waals surface area (Å²) in [4.78, 5) is 10.7. The molecule has 0 spiro atoms. The van der Waals surface area contributed by atoms with Gasteiger partial charge in [-0.3, -0.25) is 4.79 Å². The lowest BCUT2D eigenvalue weighted by Gasteiger charge is -2.74. The van der Waals surface area contributed by atoms with Crippen LogP contribution in [0.2, 0.25) is 0 Å². The standard InChI is InChI=1S/C10H17NO2/c1-6(2)9-3-10(4-9,5-9)7(11)8(12)13/h6-7H,3-5,11H2,1-2H3,(H,12,13). The number of hydrogen-bond donors (Lipinski definition) is 2. The van der Waals surface area contributed by atoms with E-state index in [0.717, 1.165) is 19.3 Å². The first-order chi connectivity index (χ1) is 5.92. The largest absolute Gasteiger partial charge is 0.480 e. The third kappa shape index (κ3) is 0.909. The van der Waals surface area contributed by atoms with E-state index in [-0.39, 0.29) is 5.41 Å². The topological polar surface area (TPSA) is 63.3 Å². The second-order valence-corrected chi connectivity index (χ2v) is 5.23. The van der Waals surface area contributed by atoms with Crippen LogP contribution < -0.4 is 5.73 Å². The number of carboxylic acid groups (broad SMARTS) is 1. The molecular formula is C10H17NO2. The highest BCUT2D eigenvalue weighted by Crippen LogP contribution is 2.77. The van der Waals surface area contributed by atoms with Crippen LogP contribution >= 0.6 is 0 Å². The molecule has 2 bridgehead atoms. The molecule has 3 fully saturated rings.